The molecule has 1 aromatic carbocycles. The number of nitrogens with zero attached hydrogens (tertiary/aromatic N) is 1. The van der Waals surface area contributed by atoms with Gasteiger partial charge in [0, 0.05) is 50.9 Å². The molecule has 1 aliphatic rings. The van der Waals surface area contributed by atoms with Crippen LogP contribution >= 0.6 is 24.0 Å². The van der Waals surface area contributed by atoms with Gasteiger partial charge in [0.25, 0.3) is 0 Å². The van der Waals surface area contributed by atoms with Crippen LogP contribution in [-0.2, 0) is 17.7 Å². The van der Waals surface area contributed by atoms with E-state index in [1.807, 2.05) is 6.92 Å². The van der Waals surface area contributed by atoms with Crippen LogP contribution in [0.5, 0.6) is 11.5 Å². The van der Waals surface area contributed by atoms with Gasteiger partial charge in [0.15, 0.2) is 5.96 Å². The highest BCUT2D eigenvalue weighted by molar-refractivity contribution is 14.0. The van der Waals surface area contributed by atoms with Crippen LogP contribution in [0.4, 0.5) is 0 Å². The Bertz CT molecular complexity index is 567. The minimum absolute atomic E-state index is 0. The fourth-order valence-electron chi connectivity index (χ4n) is 2.73. The molecule has 0 radical (unpaired) electrons. The molecule has 0 spiro atoms. The molecule has 142 valence electrons. The van der Waals surface area contributed by atoms with Gasteiger partial charge >= 0.3 is 0 Å². The van der Waals surface area contributed by atoms with Crippen LogP contribution in [0.3, 0.4) is 0 Å². The van der Waals surface area contributed by atoms with Crippen molar-refractivity contribution in [3.8, 4) is 11.5 Å². The predicted octanol–water partition coefficient (Wildman–Crippen LogP) is 2.73. The third-order valence-corrected chi connectivity index (χ3v) is 3.93. The maximum absolute atomic E-state index is 5.84. The van der Waals surface area contributed by atoms with E-state index in [1.54, 1.807) is 14.2 Å². The van der Waals surface area contributed by atoms with Gasteiger partial charge in [-0.2, -0.15) is 0 Å². The van der Waals surface area contributed by atoms with E-state index in [-0.39, 0.29) is 30.1 Å². The number of nitrogens with one attached hydrogen (secondary N) is 2. The highest BCUT2D eigenvalue weighted by atomic mass is 127. The molecule has 6 nitrogen and oxygen atoms in total. The number of fused-ring (bicyclic) bond motifs is 1. The average molecular weight is 463 g/mol. The van der Waals surface area contributed by atoms with Crippen molar-refractivity contribution in [1.29, 1.82) is 0 Å². The number of ether oxygens (including phenoxy) is 3. The van der Waals surface area contributed by atoms with E-state index < -0.39 is 0 Å². The lowest BCUT2D eigenvalue weighted by atomic mass is 10.1. The van der Waals surface area contributed by atoms with Crippen molar-refractivity contribution < 1.29 is 14.2 Å². The van der Waals surface area contributed by atoms with Crippen molar-refractivity contribution in [2.24, 2.45) is 4.99 Å². The van der Waals surface area contributed by atoms with Gasteiger partial charge in [0.1, 0.15) is 17.6 Å². The zero-order valence-electron chi connectivity index (χ0n) is 15.6. The monoisotopic (exact) mass is 463 g/mol. The minimum Gasteiger partial charge on any atom is -0.496 e. The molecule has 0 aromatic heterocycles. The van der Waals surface area contributed by atoms with Crippen molar-refractivity contribution >= 4 is 29.9 Å². The summed E-state index contributed by atoms with van der Waals surface area (Å²) in [6.45, 7) is 7.04. The molecule has 1 heterocycles. The molecule has 1 unspecified atom stereocenters. The molecule has 0 saturated carbocycles. The Kier molecular flexibility index (Phi) is 9.96. The predicted molar refractivity (Wildman–Crippen MR) is 112 cm³/mol. The summed E-state index contributed by atoms with van der Waals surface area (Å²) in [6, 6.07) is 4.14. The number of aliphatic imine (C=N–C) groups is 1. The SMILES string of the molecule is CCOCCCNC(=NC)NCc1cc2c(cc1OC)CC(C)O2.I. The highest BCUT2D eigenvalue weighted by Crippen LogP contribution is 2.34. The van der Waals surface area contributed by atoms with Crippen LogP contribution in [0, 0.1) is 0 Å². The van der Waals surface area contributed by atoms with E-state index >= 15 is 0 Å². The van der Waals surface area contributed by atoms with Crippen molar-refractivity contribution in [3.05, 3.63) is 23.3 Å². The number of benzene rings is 1. The second-order valence-electron chi connectivity index (χ2n) is 5.81. The molecule has 1 atom stereocenters. The van der Waals surface area contributed by atoms with Crippen LogP contribution in [0.15, 0.2) is 17.1 Å². The summed E-state index contributed by atoms with van der Waals surface area (Å²) in [5.41, 5.74) is 2.27. The van der Waals surface area contributed by atoms with Crippen molar-refractivity contribution in [2.45, 2.75) is 39.3 Å². The minimum atomic E-state index is 0. The number of rotatable bonds is 8. The first-order chi connectivity index (χ1) is 11.7. The number of hydrogen-bond acceptors (Lipinski definition) is 4. The third-order valence-electron chi connectivity index (χ3n) is 3.93. The zero-order valence-corrected chi connectivity index (χ0v) is 17.9. The smallest absolute Gasteiger partial charge is 0.191 e. The lowest BCUT2D eigenvalue weighted by Gasteiger charge is -2.15. The third kappa shape index (κ3) is 6.54. The number of guanidine groups is 1. The van der Waals surface area contributed by atoms with E-state index in [0.29, 0.717) is 6.54 Å². The molecular formula is C18H30IN3O3. The van der Waals surface area contributed by atoms with Gasteiger partial charge in [-0.05, 0) is 32.4 Å². The lowest BCUT2D eigenvalue weighted by Crippen LogP contribution is -2.37. The Morgan fingerprint density at radius 2 is 2.16 bits per heavy atom. The summed E-state index contributed by atoms with van der Waals surface area (Å²) >= 11 is 0. The molecule has 2 rings (SSSR count). The van der Waals surface area contributed by atoms with Gasteiger partial charge in [0.2, 0.25) is 0 Å². The first kappa shape index (κ1) is 21.8. The van der Waals surface area contributed by atoms with Gasteiger partial charge in [-0.15, -0.1) is 24.0 Å². The number of hydrogen-bond donors (Lipinski definition) is 2. The van der Waals surface area contributed by atoms with Gasteiger partial charge in [-0.1, -0.05) is 0 Å². The van der Waals surface area contributed by atoms with Gasteiger partial charge in [0.05, 0.1) is 7.11 Å². The molecule has 0 amide bonds. The topological polar surface area (TPSA) is 64.1 Å². The largest absolute Gasteiger partial charge is 0.496 e. The Balaban J connectivity index is 0.00000312. The number of halogens is 1. The quantitative estimate of drug-likeness (QED) is 0.269. The Morgan fingerprint density at radius 1 is 1.36 bits per heavy atom. The fraction of sp³-hybridized carbons (Fsp3) is 0.611. The fourth-order valence-corrected chi connectivity index (χ4v) is 2.73. The number of methoxy groups -OCH3 is 1. The van der Waals surface area contributed by atoms with Crippen LogP contribution in [-0.4, -0.2) is 46.0 Å². The second-order valence-corrected chi connectivity index (χ2v) is 5.81. The molecular weight excluding hydrogens is 433 g/mol. The standard InChI is InChI=1S/C18H29N3O3.HI/c1-5-23-8-6-7-20-18(19-3)21-12-15-11-17-14(9-13(2)24-17)10-16(15)22-4;/h10-11,13H,5-9,12H2,1-4H3,(H2,19,20,21);1H. The molecule has 2 N–H and O–H groups in total. The van der Waals surface area contributed by atoms with Crippen LogP contribution in [0.25, 0.3) is 0 Å². The summed E-state index contributed by atoms with van der Waals surface area (Å²) in [5.74, 6) is 2.61. The molecule has 0 aliphatic carbocycles. The maximum atomic E-state index is 5.84. The average Bonchev–Trinajstić information content (AvgIpc) is 2.95. The summed E-state index contributed by atoms with van der Waals surface area (Å²) in [4.78, 5) is 4.24. The van der Waals surface area contributed by atoms with Gasteiger partial charge < -0.3 is 24.8 Å². The summed E-state index contributed by atoms with van der Waals surface area (Å²) in [5, 5.41) is 6.60. The second kappa shape index (κ2) is 11.4. The molecule has 7 heteroatoms. The lowest BCUT2D eigenvalue weighted by molar-refractivity contribution is 0.145. The molecule has 0 saturated heterocycles. The van der Waals surface area contributed by atoms with E-state index in [0.717, 1.165) is 55.6 Å². The van der Waals surface area contributed by atoms with Crippen molar-refractivity contribution in [2.75, 3.05) is 33.9 Å². The Labute approximate surface area is 167 Å². The van der Waals surface area contributed by atoms with Crippen LogP contribution in [0.1, 0.15) is 31.4 Å². The van der Waals surface area contributed by atoms with E-state index in [4.69, 9.17) is 14.2 Å². The molecule has 0 bridgehead atoms. The molecule has 1 aromatic rings. The highest BCUT2D eigenvalue weighted by Gasteiger charge is 2.21. The summed E-state index contributed by atoms with van der Waals surface area (Å²) < 4.78 is 16.7. The summed E-state index contributed by atoms with van der Waals surface area (Å²) in [6.07, 6.45) is 2.11. The molecule has 0 fully saturated rings. The van der Waals surface area contributed by atoms with Crippen molar-refractivity contribution in [3.63, 3.8) is 0 Å². The Morgan fingerprint density at radius 3 is 2.84 bits per heavy atom. The molecule has 25 heavy (non-hydrogen) atoms. The van der Waals surface area contributed by atoms with E-state index in [9.17, 15) is 0 Å². The normalized spacial score (nSPS) is 15.8. The summed E-state index contributed by atoms with van der Waals surface area (Å²) in [7, 11) is 3.47. The van der Waals surface area contributed by atoms with Gasteiger partial charge in [-0.3, -0.25) is 4.99 Å². The van der Waals surface area contributed by atoms with Crippen LogP contribution in [0.2, 0.25) is 0 Å². The van der Waals surface area contributed by atoms with Gasteiger partial charge in [-0.25, -0.2) is 0 Å². The first-order valence-corrected chi connectivity index (χ1v) is 8.56. The van der Waals surface area contributed by atoms with E-state index in [1.165, 1.54) is 5.56 Å². The Hall–Kier alpha value is -1.22. The zero-order chi connectivity index (χ0) is 17.4. The molecule has 1 aliphatic heterocycles. The van der Waals surface area contributed by atoms with Crippen LogP contribution < -0.4 is 20.1 Å². The van der Waals surface area contributed by atoms with E-state index in [2.05, 4.69) is 34.7 Å². The van der Waals surface area contributed by atoms with Crippen molar-refractivity contribution in [1.82, 2.24) is 10.6 Å². The first-order valence-electron chi connectivity index (χ1n) is 8.56. The maximum Gasteiger partial charge on any atom is 0.191 e.